The molecule has 0 spiro atoms. The molecule has 0 saturated heterocycles. The van der Waals surface area contributed by atoms with Crippen LogP contribution in [-0.2, 0) is 4.52 Å². The topological polar surface area (TPSA) is 29.5 Å². The van der Waals surface area contributed by atoms with Crippen LogP contribution in [0.15, 0.2) is 0 Å². The molecule has 0 saturated carbocycles. The molecule has 0 aliphatic rings. The van der Waals surface area contributed by atoms with Gasteiger partial charge in [0.2, 0.25) is 0 Å². The Hall–Kier alpha value is 0.500. The predicted octanol–water partition coefficient (Wildman–Crippen LogP) is 8.28. The molecule has 2 nitrogen and oxygen atoms in total. The summed E-state index contributed by atoms with van der Waals surface area (Å²) in [5, 5.41) is 0. The van der Waals surface area contributed by atoms with Crippen molar-refractivity contribution in [2.45, 2.75) is 79.1 Å². The van der Waals surface area contributed by atoms with Gasteiger partial charge in [-0.05, 0) is 25.2 Å². The molecule has 0 aromatic rings. The minimum atomic E-state index is -4.53. The lowest BCUT2D eigenvalue weighted by Gasteiger charge is -2.12. The third-order valence-corrected chi connectivity index (χ3v) is 5.27. The number of hydrogen-bond donors (Lipinski definition) is 1. The van der Waals surface area contributed by atoms with E-state index in [0.29, 0.717) is 5.92 Å². The molecular formula is C16H35F4O2P2+. The van der Waals surface area contributed by atoms with E-state index in [9.17, 15) is 16.8 Å². The average molecular weight is 397 g/mol. The monoisotopic (exact) mass is 397 g/mol. The highest BCUT2D eigenvalue weighted by molar-refractivity contribution is 7.59. The van der Waals surface area contributed by atoms with Crippen molar-refractivity contribution in [3.05, 3.63) is 0 Å². The van der Waals surface area contributed by atoms with Crippen LogP contribution in [0.4, 0.5) is 16.8 Å². The molecule has 0 radical (unpaired) electrons. The second-order valence-corrected chi connectivity index (χ2v) is 8.33. The quantitative estimate of drug-likeness (QED) is 0.250. The van der Waals surface area contributed by atoms with E-state index >= 15 is 0 Å². The fourth-order valence-corrected chi connectivity index (χ4v) is 3.67. The molecule has 0 bridgehead atoms. The summed E-state index contributed by atoms with van der Waals surface area (Å²) < 4.78 is 52.2. The number of halogens is 4. The first-order chi connectivity index (χ1) is 11.2. The van der Waals surface area contributed by atoms with Crippen molar-refractivity contribution in [1.29, 1.82) is 0 Å². The number of hydrogen-bond acceptors (Lipinski definition) is 2. The van der Waals surface area contributed by atoms with Crippen LogP contribution in [0.5, 0.6) is 0 Å². The zero-order valence-corrected chi connectivity index (χ0v) is 17.3. The standard InChI is InChI=1S/C8H18F2OP.C8H17F2OP/c1-3-5-6-8(4-2)7-12(9,10)11;1-3-5-6-8(4-2)7-11-12(9)10/h8,11H,3-7H2,1-2H3;8H,3-7H2,1-2H3/q+1;. The molecule has 0 aromatic heterocycles. The number of unbranched alkanes of at least 4 members (excludes halogenated alkanes) is 2. The first-order valence-corrected chi connectivity index (χ1v) is 11.7. The van der Waals surface area contributed by atoms with Gasteiger partial charge >= 0.3 is 16.9 Å². The first kappa shape index (κ1) is 26.7. The molecule has 0 aliphatic heterocycles. The molecule has 148 valence electrons. The Bertz CT molecular complexity index is 267. The van der Waals surface area contributed by atoms with Crippen LogP contribution >= 0.6 is 16.9 Å². The highest BCUT2D eigenvalue weighted by atomic mass is 31.3. The van der Waals surface area contributed by atoms with E-state index in [0.717, 1.165) is 51.4 Å². The summed E-state index contributed by atoms with van der Waals surface area (Å²) in [4.78, 5) is 8.40. The van der Waals surface area contributed by atoms with Crippen molar-refractivity contribution in [3.63, 3.8) is 0 Å². The summed E-state index contributed by atoms with van der Waals surface area (Å²) >= 11 is 0. The highest BCUT2D eigenvalue weighted by Crippen LogP contribution is 2.60. The van der Waals surface area contributed by atoms with Gasteiger partial charge in [0, 0.05) is 14.3 Å². The van der Waals surface area contributed by atoms with Crippen LogP contribution in [0.1, 0.15) is 79.1 Å². The maximum atomic E-state index is 12.3. The molecule has 0 heterocycles. The molecule has 0 aromatic carbocycles. The van der Waals surface area contributed by atoms with E-state index in [1.807, 2.05) is 20.8 Å². The molecule has 1 N–H and O–H groups in total. The summed E-state index contributed by atoms with van der Waals surface area (Å²) in [6.07, 6.45) is 7.49. The lowest BCUT2D eigenvalue weighted by molar-refractivity contribution is 0.230. The Morgan fingerprint density at radius 1 is 0.917 bits per heavy atom. The summed E-state index contributed by atoms with van der Waals surface area (Å²) in [6, 6.07) is 0. The van der Waals surface area contributed by atoms with Gasteiger partial charge in [-0.25, -0.2) is 0 Å². The van der Waals surface area contributed by atoms with E-state index in [4.69, 9.17) is 4.89 Å². The first-order valence-electron chi connectivity index (χ1n) is 8.94. The van der Waals surface area contributed by atoms with Crippen LogP contribution < -0.4 is 0 Å². The summed E-state index contributed by atoms with van der Waals surface area (Å²) in [5.74, 6) is 0.333. The van der Waals surface area contributed by atoms with Gasteiger partial charge in [0.15, 0.2) is 6.16 Å². The van der Waals surface area contributed by atoms with E-state index in [-0.39, 0.29) is 18.7 Å². The van der Waals surface area contributed by atoms with Crippen LogP contribution in [0.3, 0.4) is 0 Å². The van der Waals surface area contributed by atoms with E-state index in [1.54, 1.807) is 0 Å². The third-order valence-electron chi connectivity index (χ3n) is 3.97. The van der Waals surface area contributed by atoms with Gasteiger partial charge in [0.05, 0.1) is 6.61 Å². The predicted molar refractivity (Wildman–Crippen MR) is 97.9 cm³/mol. The molecule has 8 heteroatoms. The van der Waals surface area contributed by atoms with Gasteiger partial charge in [0.1, 0.15) is 0 Å². The molecule has 2 unspecified atom stereocenters. The zero-order valence-electron chi connectivity index (χ0n) is 15.5. The summed E-state index contributed by atoms with van der Waals surface area (Å²) in [6.45, 7) is 8.29. The van der Waals surface area contributed by atoms with Crippen molar-refractivity contribution in [2.24, 2.45) is 11.8 Å². The van der Waals surface area contributed by atoms with Gasteiger partial charge in [-0.15, -0.1) is 0 Å². The van der Waals surface area contributed by atoms with E-state index in [1.165, 1.54) is 0 Å². The Labute approximate surface area is 147 Å². The van der Waals surface area contributed by atoms with Crippen molar-refractivity contribution in [3.8, 4) is 0 Å². The maximum absolute atomic E-state index is 12.3. The van der Waals surface area contributed by atoms with Crippen molar-refractivity contribution >= 4 is 16.9 Å². The molecule has 24 heavy (non-hydrogen) atoms. The van der Waals surface area contributed by atoms with Crippen molar-refractivity contribution in [2.75, 3.05) is 12.8 Å². The highest BCUT2D eigenvalue weighted by Gasteiger charge is 2.40. The normalized spacial score (nSPS) is 14.2. The molecular weight excluding hydrogens is 362 g/mol. The van der Waals surface area contributed by atoms with Gasteiger partial charge in [-0.3, -0.25) is 0 Å². The smallest absolute Gasteiger partial charge is 0.305 e. The van der Waals surface area contributed by atoms with Crippen LogP contribution in [0.25, 0.3) is 0 Å². The Morgan fingerprint density at radius 2 is 1.38 bits per heavy atom. The molecule has 0 amide bonds. The van der Waals surface area contributed by atoms with Crippen molar-refractivity contribution < 1.29 is 26.2 Å². The second kappa shape index (κ2) is 16.9. The Balaban J connectivity index is 0. The van der Waals surface area contributed by atoms with E-state index < -0.39 is 16.9 Å². The third kappa shape index (κ3) is 20.5. The van der Waals surface area contributed by atoms with Crippen LogP contribution in [0.2, 0.25) is 0 Å². The Kier molecular flexibility index (Phi) is 18.9. The lowest BCUT2D eigenvalue weighted by atomic mass is 10.0. The van der Waals surface area contributed by atoms with Gasteiger partial charge in [-0.1, -0.05) is 59.8 Å². The minimum absolute atomic E-state index is 0.0123. The zero-order chi connectivity index (χ0) is 19.0. The lowest BCUT2D eigenvalue weighted by Crippen LogP contribution is -2.05. The second-order valence-electron chi connectivity index (χ2n) is 6.11. The SMILES string of the molecule is CCCCC(CC)COP(F)F.CCCCC(CC)C[P+](O)(F)F. The molecule has 0 fully saturated rings. The summed E-state index contributed by atoms with van der Waals surface area (Å²) in [5.41, 5.74) is 0. The number of rotatable bonds is 13. The van der Waals surface area contributed by atoms with Crippen LogP contribution in [0, 0.1) is 11.8 Å². The largest absolute Gasteiger partial charge is 0.518 e. The van der Waals surface area contributed by atoms with Gasteiger partial charge in [-0.2, -0.15) is 13.3 Å². The summed E-state index contributed by atoms with van der Waals surface area (Å²) in [7, 11) is -7.68. The van der Waals surface area contributed by atoms with Gasteiger partial charge < -0.3 is 4.52 Å². The van der Waals surface area contributed by atoms with Gasteiger partial charge in [0.25, 0.3) is 0 Å². The molecule has 2 atom stereocenters. The van der Waals surface area contributed by atoms with Crippen molar-refractivity contribution in [1.82, 2.24) is 0 Å². The van der Waals surface area contributed by atoms with E-state index in [2.05, 4.69) is 11.4 Å². The minimum Gasteiger partial charge on any atom is -0.305 e. The maximum Gasteiger partial charge on any atom is 0.518 e. The Morgan fingerprint density at radius 3 is 1.71 bits per heavy atom. The molecule has 0 rings (SSSR count). The van der Waals surface area contributed by atoms with Crippen LogP contribution in [-0.4, -0.2) is 17.7 Å². The fraction of sp³-hybridized carbons (Fsp3) is 1.00. The molecule has 0 aliphatic carbocycles. The average Bonchev–Trinajstić information content (AvgIpc) is 2.51. The fourth-order valence-electron chi connectivity index (χ4n) is 2.29.